The summed E-state index contributed by atoms with van der Waals surface area (Å²) in [6.07, 6.45) is 2.50. The Morgan fingerprint density at radius 1 is 1.04 bits per heavy atom. The van der Waals surface area contributed by atoms with Crippen LogP contribution in [0.1, 0.15) is 49.8 Å². The van der Waals surface area contributed by atoms with Crippen molar-refractivity contribution in [3.05, 3.63) is 71.4 Å². The van der Waals surface area contributed by atoms with E-state index in [0.717, 1.165) is 5.52 Å². The van der Waals surface area contributed by atoms with E-state index in [0.29, 0.717) is 12.3 Å². The molecule has 3 aromatic rings. The Bertz CT molecular complexity index is 877. The Labute approximate surface area is 155 Å². The minimum atomic E-state index is 0.0334. The monoisotopic (exact) mass is 348 g/mol. The second-order valence-corrected chi connectivity index (χ2v) is 7.56. The van der Waals surface area contributed by atoms with Gasteiger partial charge in [-0.15, -0.1) is 0 Å². The molecular weight excluding hydrogens is 320 g/mol. The molecule has 1 heterocycles. The number of para-hydroxylation sites is 1. The minimum absolute atomic E-state index is 0.0334. The molecule has 0 aliphatic rings. The molecule has 26 heavy (non-hydrogen) atoms. The number of hydrogen-bond acceptors (Lipinski definition) is 1. The average molecular weight is 348 g/mol. The molecule has 1 aromatic heterocycles. The van der Waals surface area contributed by atoms with E-state index in [1.807, 2.05) is 18.3 Å². The molecule has 0 saturated heterocycles. The Morgan fingerprint density at radius 2 is 1.73 bits per heavy atom. The molecule has 0 aliphatic heterocycles. The van der Waals surface area contributed by atoms with Gasteiger partial charge < -0.3 is 10.3 Å². The van der Waals surface area contributed by atoms with Crippen LogP contribution in [0.25, 0.3) is 10.9 Å². The predicted molar refractivity (Wildman–Crippen MR) is 108 cm³/mol. The molecule has 136 valence electrons. The van der Waals surface area contributed by atoms with Crippen LogP contribution in [-0.2, 0) is 4.79 Å². The maximum atomic E-state index is 12.7. The topological polar surface area (TPSA) is 44.9 Å². The third kappa shape index (κ3) is 3.98. The van der Waals surface area contributed by atoms with Gasteiger partial charge in [0.1, 0.15) is 0 Å². The molecular formula is C23H28N2O. The molecule has 0 spiro atoms. The summed E-state index contributed by atoms with van der Waals surface area (Å²) in [5.41, 5.74) is 4.68. The Kier molecular flexibility index (Phi) is 5.46. The lowest BCUT2D eigenvalue weighted by atomic mass is 9.87. The average Bonchev–Trinajstić information content (AvgIpc) is 3.04. The van der Waals surface area contributed by atoms with Gasteiger partial charge in [-0.1, -0.05) is 61.9 Å². The smallest absolute Gasteiger partial charge is 0.221 e. The fraction of sp³-hybridized carbons (Fsp3) is 0.348. The minimum Gasteiger partial charge on any atom is -0.361 e. The second kappa shape index (κ2) is 7.77. The highest BCUT2D eigenvalue weighted by molar-refractivity contribution is 5.86. The first-order valence-corrected chi connectivity index (χ1v) is 9.37. The van der Waals surface area contributed by atoms with Crippen LogP contribution >= 0.6 is 0 Å². The zero-order valence-electron chi connectivity index (χ0n) is 16.0. The zero-order chi connectivity index (χ0) is 18.7. The molecule has 3 rings (SSSR count). The van der Waals surface area contributed by atoms with Crippen LogP contribution in [-0.4, -0.2) is 16.9 Å². The van der Waals surface area contributed by atoms with Crippen molar-refractivity contribution in [1.29, 1.82) is 0 Å². The first kappa shape index (κ1) is 18.2. The van der Waals surface area contributed by atoms with Crippen LogP contribution in [0.15, 0.2) is 54.7 Å². The van der Waals surface area contributed by atoms with Gasteiger partial charge in [-0.25, -0.2) is 0 Å². The fourth-order valence-corrected chi connectivity index (χ4v) is 3.25. The van der Waals surface area contributed by atoms with Gasteiger partial charge in [-0.3, -0.25) is 4.79 Å². The molecule has 0 aliphatic carbocycles. The van der Waals surface area contributed by atoms with Crippen molar-refractivity contribution in [3.8, 4) is 0 Å². The summed E-state index contributed by atoms with van der Waals surface area (Å²) >= 11 is 0. The summed E-state index contributed by atoms with van der Waals surface area (Å²) in [5.74, 6) is 0.554. The first-order valence-electron chi connectivity index (χ1n) is 9.37. The van der Waals surface area contributed by atoms with E-state index in [4.69, 9.17) is 0 Å². The molecule has 3 nitrogen and oxygen atoms in total. The maximum absolute atomic E-state index is 12.7. The SMILES string of the molecule is Cc1ccc([C@H](CC(=O)N[C@@H](C)C(C)C)c2c[nH]c3ccccc23)cc1. The van der Waals surface area contributed by atoms with Gasteiger partial charge in [0.2, 0.25) is 5.91 Å². The van der Waals surface area contributed by atoms with E-state index in [-0.39, 0.29) is 17.9 Å². The van der Waals surface area contributed by atoms with E-state index in [1.165, 1.54) is 22.1 Å². The van der Waals surface area contributed by atoms with Gasteiger partial charge in [0.25, 0.3) is 0 Å². The van der Waals surface area contributed by atoms with Crippen LogP contribution in [0.3, 0.4) is 0 Å². The highest BCUT2D eigenvalue weighted by atomic mass is 16.1. The molecule has 2 atom stereocenters. The summed E-state index contributed by atoms with van der Waals surface area (Å²) in [6.45, 7) is 8.40. The van der Waals surface area contributed by atoms with Crippen molar-refractivity contribution in [2.24, 2.45) is 5.92 Å². The van der Waals surface area contributed by atoms with Gasteiger partial charge in [0.15, 0.2) is 0 Å². The normalized spacial score (nSPS) is 13.7. The van der Waals surface area contributed by atoms with Crippen molar-refractivity contribution >= 4 is 16.8 Å². The lowest BCUT2D eigenvalue weighted by molar-refractivity contribution is -0.122. The molecule has 0 fully saturated rings. The standard InChI is InChI=1S/C23H28N2O/c1-15(2)17(4)25-23(26)13-20(18-11-9-16(3)10-12-18)21-14-24-22-8-6-5-7-19(21)22/h5-12,14-15,17,20,24H,13H2,1-4H3,(H,25,26)/t17-,20-/m0/s1. The van der Waals surface area contributed by atoms with Crippen molar-refractivity contribution in [2.75, 3.05) is 0 Å². The molecule has 0 saturated carbocycles. The number of amides is 1. The lowest BCUT2D eigenvalue weighted by Gasteiger charge is -2.21. The van der Waals surface area contributed by atoms with E-state index in [2.05, 4.69) is 74.4 Å². The summed E-state index contributed by atoms with van der Waals surface area (Å²) in [6, 6.07) is 17.0. The van der Waals surface area contributed by atoms with E-state index < -0.39 is 0 Å². The van der Waals surface area contributed by atoms with Crippen LogP contribution in [0.4, 0.5) is 0 Å². The van der Waals surface area contributed by atoms with Gasteiger partial charge in [0.05, 0.1) is 0 Å². The van der Waals surface area contributed by atoms with Crippen LogP contribution in [0, 0.1) is 12.8 Å². The highest BCUT2D eigenvalue weighted by Crippen LogP contribution is 2.33. The Hall–Kier alpha value is -2.55. The largest absolute Gasteiger partial charge is 0.361 e. The molecule has 2 N–H and O–H groups in total. The Balaban J connectivity index is 1.94. The van der Waals surface area contributed by atoms with E-state index in [1.54, 1.807) is 0 Å². The van der Waals surface area contributed by atoms with E-state index >= 15 is 0 Å². The number of carbonyl (C=O) groups excluding carboxylic acids is 1. The third-order valence-electron chi connectivity index (χ3n) is 5.25. The molecule has 3 heteroatoms. The van der Waals surface area contributed by atoms with Gasteiger partial charge >= 0.3 is 0 Å². The first-order chi connectivity index (χ1) is 12.5. The van der Waals surface area contributed by atoms with Crippen LogP contribution in [0.2, 0.25) is 0 Å². The van der Waals surface area contributed by atoms with Crippen LogP contribution in [0.5, 0.6) is 0 Å². The second-order valence-electron chi connectivity index (χ2n) is 7.56. The molecule has 0 unspecified atom stereocenters. The number of aryl methyl sites for hydroxylation is 1. The molecule has 0 radical (unpaired) electrons. The summed E-state index contributed by atoms with van der Waals surface area (Å²) in [7, 11) is 0. The quantitative estimate of drug-likeness (QED) is 0.635. The van der Waals surface area contributed by atoms with Crippen molar-refractivity contribution in [2.45, 2.75) is 46.1 Å². The number of aromatic amines is 1. The Morgan fingerprint density at radius 3 is 2.42 bits per heavy atom. The van der Waals surface area contributed by atoms with Gasteiger partial charge in [0, 0.05) is 35.5 Å². The number of rotatable bonds is 6. The number of benzene rings is 2. The van der Waals surface area contributed by atoms with Crippen molar-refractivity contribution < 1.29 is 4.79 Å². The third-order valence-corrected chi connectivity index (χ3v) is 5.25. The number of aromatic nitrogens is 1. The predicted octanol–water partition coefficient (Wildman–Crippen LogP) is 5.16. The summed E-state index contributed by atoms with van der Waals surface area (Å²) < 4.78 is 0. The maximum Gasteiger partial charge on any atom is 0.221 e. The van der Waals surface area contributed by atoms with Gasteiger partial charge in [-0.05, 0) is 37.0 Å². The number of H-pyrrole nitrogens is 1. The van der Waals surface area contributed by atoms with Crippen molar-refractivity contribution in [3.63, 3.8) is 0 Å². The van der Waals surface area contributed by atoms with Crippen LogP contribution < -0.4 is 5.32 Å². The number of carbonyl (C=O) groups is 1. The fourth-order valence-electron chi connectivity index (χ4n) is 3.25. The molecule has 1 amide bonds. The number of nitrogens with one attached hydrogen (secondary N) is 2. The molecule has 0 bridgehead atoms. The zero-order valence-corrected chi connectivity index (χ0v) is 16.0. The molecule has 2 aromatic carbocycles. The number of fused-ring (bicyclic) bond motifs is 1. The number of hydrogen-bond donors (Lipinski definition) is 2. The lowest BCUT2D eigenvalue weighted by Crippen LogP contribution is -2.36. The summed E-state index contributed by atoms with van der Waals surface area (Å²) in [5, 5.41) is 4.33. The highest BCUT2D eigenvalue weighted by Gasteiger charge is 2.22. The van der Waals surface area contributed by atoms with E-state index in [9.17, 15) is 4.79 Å². The van der Waals surface area contributed by atoms with Crippen molar-refractivity contribution in [1.82, 2.24) is 10.3 Å². The van der Waals surface area contributed by atoms with Gasteiger partial charge in [-0.2, -0.15) is 0 Å². The summed E-state index contributed by atoms with van der Waals surface area (Å²) in [4.78, 5) is 16.1.